The average Bonchev–Trinajstić information content (AvgIpc) is 2.45. The zero-order chi connectivity index (χ0) is 14.5. The number of benzene rings is 1. The third-order valence-corrected chi connectivity index (χ3v) is 2.80. The molecular formula is C13H15N3O4. The fourth-order valence-corrected chi connectivity index (χ4v) is 1.73. The molecule has 106 valence electrons. The number of likely N-dealkylation sites (N-methyl/N-ethyl adjacent to an activating group) is 1. The van der Waals surface area contributed by atoms with Crippen molar-refractivity contribution in [3.8, 4) is 5.75 Å². The molecule has 0 saturated heterocycles. The molecule has 1 aliphatic heterocycles. The zero-order valence-corrected chi connectivity index (χ0v) is 10.9. The molecule has 3 N–H and O–H groups in total. The highest BCUT2D eigenvalue weighted by atomic mass is 16.5. The molecule has 0 aliphatic carbocycles. The lowest BCUT2D eigenvalue weighted by Crippen LogP contribution is -2.42. The summed E-state index contributed by atoms with van der Waals surface area (Å²) in [5.74, 6) is -0.583. The van der Waals surface area contributed by atoms with Crippen molar-refractivity contribution in [3.05, 3.63) is 24.3 Å². The molecule has 1 aromatic rings. The first-order chi connectivity index (χ1) is 9.60. The van der Waals surface area contributed by atoms with Gasteiger partial charge in [-0.15, -0.1) is 0 Å². The minimum absolute atomic E-state index is 0.125. The molecule has 2 rings (SSSR count). The van der Waals surface area contributed by atoms with Crippen molar-refractivity contribution in [3.63, 3.8) is 0 Å². The normalized spacial score (nSPS) is 16.4. The summed E-state index contributed by atoms with van der Waals surface area (Å²) in [6.45, 7) is -0.125. The van der Waals surface area contributed by atoms with Gasteiger partial charge in [-0.2, -0.15) is 0 Å². The lowest BCUT2D eigenvalue weighted by Gasteiger charge is -2.25. The van der Waals surface area contributed by atoms with Crippen molar-refractivity contribution in [2.45, 2.75) is 12.5 Å². The number of hydrogen-bond donors (Lipinski definition) is 3. The summed E-state index contributed by atoms with van der Waals surface area (Å²) in [7, 11) is 1.48. The van der Waals surface area contributed by atoms with Gasteiger partial charge in [0.25, 0.3) is 5.91 Å². The van der Waals surface area contributed by atoms with Gasteiger partial charge in [0, 0.05) is 7.05 Å². The monoisotopic (exact) mass is 277 g/mol. The summed E-state index contributed by atoms with van der Waals surface area (Å²) < 4.78 is 5.47. The number of rotatable bonds is 4. The first-order valence-corrected chi connectivity index (χ1v) is 6.14. The maximum atomic E-state index is 11.8. The molecule has 0 bridgehead atoms. The fourth-order valence-electron chi connectivity index (χ4n) is 1.73. The van der Waals surface area contributed by atoms with E-state index in [0.717, 1.165) is 0 Å². The lowest BCUT2D eigenvalue weighted by molar-refractivity contribution is -0.131. The van der Waals surface area contributed by atoms with Crippen LogP contribution in [0.5, 0.6) is 5.75 Å². The van der Waals surface area contributed by atoms with E-state index < -0.39 is 12.0 Å². The van der Waals surface area contributed by atoms with E-state index in [2.05, 4.69) is 16.0 Å². The lowest BCUT2D eigenvalue weighted by atomic mass is 10.1. The van der Waals surface area contributed by atoms with Gasteiger partial charge in [0.15, 0.2) is 6.10 Å². The van der Waals surface area contributed by atoms with Crippen LogP contribution in [-0.2, 0) is 14.4 Å². The van der Waals surface area contributed by atoms with E-state index in [0.29, 0.717) is 11.4 Å². The highest BCUT2D eigenvalue weighted by molar-refractivity contribution is 6.00. The molecule has 20 heavy (non-hydrogen) atoms. The second-order valence-corrected chi connectivity index (χ2v) is 4.25. The van der Waals surface area contributed by atoms with Crippen LogP contribution in [-0.4, -0.2) is 37.4 Å². The molecule has 0 radical (unpaired) electrons. The number of ether oxygens (including phenoxy) is 1. The average molecular weight is 277 g/mol. The Hall–Kier alpha value is -2.57. The van der Waals surface area contributed by atoms with Gasteiger partial charge < -0.3 is 20.7 Å². The Morgan fingerprint density at radius 3 is 2.80 bits per heavy atom. The maximum Gasteiger partial charge on any atom is 0.266 e. The molecule has 0 spiro atoms. The van der Waals surface area contributed by atoms with Gasteiger partial charge in [0.05, 0.1) is 18.7 Å². The molecule has 0 fully saturated rings. The molecular weight excluding hydrogens is 262 g/mol. The van der Waals surface area contributed by atoms with E-state index in [1.807, 2.05) is 0 Å². The van der Waals surface area contributed by atoms with Crippen molar-refractivity contribution >= 4 is 23.4 Å². The van der Waals surface area contributed by atoms with E-state index in [1.54, 1.807) is 24.3 Å². The quantitative estimate of drug-likeness (QED) is 0.700. The van der Waals surface area contributed by atoms with Crippen LogP contribution in [0, 0.1) is 0 Å². The van der Waals surface area contributed by atoms with Gasteiger partial charge in [-0.1, -0.05) is 12.1 Å². The highest BCUT2D eigenvalue weighted by Crippen LogP contribution is 2.29. The number of amides is 3. The van der Waals surface area contributed by atoms with E-state index in [4.69, 9.17) is 4.74 Å². The first kappa shape index (κ1) is 13.9. The van der Waals surface area contributed by atoms with Gasteiger partial charge in [0.2, 0.25) is 11.8 Å². The van der Waals surface area contributed by atoms with Crippen molar-refractivity contribution in [1.82, 2.24) is 10.6 Å². The van der Waals surface area contributed by atoms with Gasteiger partial charge in [-0.05, 0) is 12.1 Å². The topological polar surface area (TPSA) is 96.5 Å². The molecule has 1 atom stereocenters. The first-order valence-electron chi connectivity index (χ1n) is 6.14. The van der Waals surface area contributed by atoms with Crippen molar-refractivity contribution < 1.29 is 19.1 Å². The summed E-state index contributed by atoms with van der Waals surface area (Å²) in [4.78, 5) is 34.4. The molecule has 7 nitrogen and oxygen atoms in total. The van der Waals surface area contributed by atoms with Crippen molar-refractivity contribution in [2.75, 3.05) is 18.9 Å². The molecule has 7 heteroatoms. The smallest absolute Gasteiger partial charge is 0.266 e. The Morgan fingerprint density at radius 1 is 1.30 bits per heavy atom. The van der Waals surface area contributed by atoms with Crippen LogP contribution in [0.3, 0.4) is 0 Å². The Kier molecular flexibility index (Phi) is 4.19. The zero-order valence-electron chi connectivity index (χ0n) is 10.9. The Labute approximate surface area is 115 Å². The summed E-state index contributed by atoms with van der Waals surface area (Å²) in [5.41, 5.74) is 0.583. The molecule has 3 amide bonds. The second-order valence-electron chi connectivity index (χ2n) is 4.25. The van der Waals surface area contributed by atoms with Crippen LogP contribution < -0.4 is 20.7 Å². The molecule has 0 saturated carbocycles. The molecule has 1 unspecified atom stereocenters. The van der Waals surface area contributed by atoms with E-state index >= 15 is 0 Å². The standard InChI is InChI=1S/C13H15N3O4/c1-14-12(18)7-15-11(17)6-10-13(19)16-8-4-2-3-5-9(8)20-10/h2-5,10H,6-7H2,1H3,(H,14,18)(H,15,17)(H,16,19). The number of para-hydroxylation sites is 2. The summed E-state index contributed by atoms with van der Waals surface area (Å²) in [6, 6.07) is 6.98. The van der Waals surface area contributed by atoms with Gasteiger partial charge in [0.1, 0.15) is 5.75 Å². The van der Waals surface area contributed by atoms with Crippen LogP contribution in [0.2, 0.25) is 0 Å². The number of fused-ring (bicyclic) bond motifs is 1. The highest BCUT2D eigenvalue weighted by Gasteiger charge is 2.29. The summed E-state index contributed by atoms with van der Waals surface area (Å²) >= 11 is 0. The van der Waals surface area contributed by atoms with Crippen molar-refractivity contribution in [1.29, 1.82) is 0 Å². The molecule has 1 aliphatic rings. The van der Waals surface area contributed by atoms with E-state index in [9.17, 15) is 14.4 Å². The number of hydrogen-bond acceptors (Lipinski definition) is 4. The third kappa shape index (κ3) is 3.25. The Morgan fingerprint density at radius 2 is 2.05 bits per heavy atom. The fraction of sp³-hybridized carbons (Fsp3) is 0.308. The van der Waals surface area contributed by atoms with Crippen molar-refractivity contribution in [2.24, 2.45) is 0 Å². The van der Waals surface area contributed by atoms with Crippen LogP contribution in [0.1, 0.15) is 6.42 Å². The molecule has 0 aromatic heterocycles. The van der Waals surface area contributed by atoms with E-state index in [-0.39, 0.29) is 24.8 Å². The number of carbonyl (C=O) groups excluding carboxylic acids is 3. The van der Waals surface area contributed by atoms with Crippen LogP contribution >= 0.6 is 0 Å². The Bertz CT molecular complexity index is 544. The van der Waals surface area contributed by atoms with Crippen LogP contribution in [0.25, 0.3) is 0 Å². The largest absolute Gasteiger partial charge is 0.478 e. The molecule has 1 heterocycles. The van der Waals surface area contributed by atoms with Gasteiger partial charge in [-0.3, -0.25) is 14.4 Å². The minimum atomic E-state index is -0.894. The predicted octanol–water partition coefficient (Wildman–Crippen LogP) is -0.362. The minimum Gasteiger partial charge on any atom is -0.478 e. The Balaban J connectivity index is 1.92. The number of nitrogens with one attached hydrogen (secondary N) is 3. The summed E-state index contributed by atoms with van der Waals surface area (Å²) in [6.07, 6.45) is -1.04. The third-order valence-electron chi connectivity index (χ3n) is 2.80. The number of carbonyl (C=O) groups is 3. The summed E-state index contributed by atoms with van der Waals surface area (Å²) in [5, 5.41) is 7.46. The maximum absolute atomic E-state index is 11.8. The van der Waals surface area contributed by atoms with Gasteiger partial charge in [-0.25, -0.2) is 0 Å². The van der Waals surface area contributed by atoms with E-state index in [1.165, 1.54) is 7.05 Å². The molecule has 1 aromatic carbocycles. The SMILES string of the molecule is CNC(=O)CNC(=O)CC1Oc2ccccc2NC1=O. The van der Waals surface area contributed by atoms with Gasteiger partial charge >= 0.3 is 0 Å². The predicted molar refractivity (Wildman–Crippen MR) is 71.2 cm³/mol. The van der Waals surface area contributed by atoms with Crippen LogP contribution in [0.15, 0.2) is 24.3 Å². The number of anilines is 1. The van der Waals surface area contributed by atoms with Crippen LogP contribution in [0.4, 0.5) is 5.69 Å². The second kappa shape index (κ2) is 6.05.